The van der Waals surface area contributed by atoms with Crippen molar-refractivity contribution in [2.75, 3.05) is 4.90 Å². The van der Waals surface area contributed by atoms with Gasteiger partial charge in [0.1, 0.15) is 0 Å². The third kappa shape index (κ3) is 3.22. The highest BCUT2D eigenvalue weighted by Crippen LogP contribution is 2.44. The summed E-state index contributed by atoms with van der Waals surface area (Å²) in [4.78, 5) is 27.6. The number of carbonyl (C=O) groups is 2. The summed E-state index contributed by atoms with van der Waals surface area (Å²) in [6.07, 6.45) is 2.03. The molecule has 28 heavy (non-hydrogen) atoms. The number of benzene rings is 2. The maximum atomic E-state index is 13.1. The van der Waals surface area contributed by atoms with Gasteiger partial charge in [0.25, 0.3) is 0 Å². The zero-order valence-corrected chi connectivity index (χ0v) is 16.4. The van der Waals surface area contributed by atoms with Crippen LogP contribution < -0.4 is 4.90 Å². The maximum Gasteiger partial charge on any atom is 0.232 e. The lowest BCUT2D eigenvalue weighted by Crippen LogP contribution is -2.40. The SMILES string of the molecule is N#Cc1ccc(N2C(=O)CC(c3ccc(Cl)c(Cl)c3)C3=C2CCCC3=O)cc1. The average molecular weight is 411 g/mol. The van der Waals surface area contributed by atoms with Gasteiger partial charge in [-0.15, -0.1) is 0 Å². The first-order chi connectivity index (χ1) is 13.5. The van der Waals surface area contributed by atoms with E-state index in [4.69, 9.17) is 28.5 Å². The molecule has 0 N–H and O–H groups in total. The van der Waals surface area contributed by atoms with Crippen LogP contribution in [0, 0.1) is 11.3 Å². The molecule has 0 saturated heterocycles. The van der Waals surface area contributed by atoms with Gasteiger partial charge in [0, 0.05) is 35.7 Å². The van der Waals surface area contributed by atoms with Crippen molar-refractivity contribution in [3.8, 4) is 6.07 Å². The molecule has 0 saturated carbocycles. The summed E-state index contributed by atoms with van der Waals surface area (Å²) < 4.78 is 0. The van der Waals surface area contributed by atoms with Crippen LogP contribution in [0.3, 0.4) is 0 Å². The zero-order valence-electron chi connectivity index (χ0n) is 14.9. The molecular formula is C22H16Cl2N2O2. The molecule has 0 aromatic heterocycles. The molecule has 1 unspecified atom stereocenters. The monoisotopic (exact) mass is 410 g/mol. The summed E-state index contributed by atoms with van der Waals surface area (Å²) in [6, 6.07) is 14.2. The van der Waals surface area contributed by atoms with E-state index >= 15 is 0 Å². The van der Waals surface area contributed by atoms with Crippen molar-refractivity contribution in [3.63, 3.8) is 0 Å². The van der Waals surface area contributed by atoms with Crippen molar-refractivity contribution in [1.29, 1.82) is 5.26 Å². The van der Waals surface area contributed by atoms with Crippen LogP contribution in [0.2, 0.25) is 10.0 Å². The molecule has 4 rings (SSSR count). The summed E-state index contributed by atoms with van der Waals surface area (Å²) >= 11 is 12.2. The number of hydrogen-bond acceptors (Lipinski definition) is 3. The van der Waals surface area contributed by atoms with E-state index in [0.29, 0.717) is 46.1 Å². The molecule has 0 spiro atoms. The fourth-order valence-electron chi connectivity index (χ4n) is 3.99. The zero-order chi connectivity index (χ0) is 19.8. The summed E-state index contributed by atoms with van der Waals surface area (Å²) in [5.74, 6) is -0.322. The number of nitriles is 1. The first-order valence-electron chi connectivity index (χ1n) is 9.04. The minimum absolute atomic E-state index is 0.0727. The van der Waals surface area contributed by atoms with Gasteiger partial charge in [-0.3, -0.25) is 14.5 Å². The van der Waals surface area contributed by atoms with Crippen molar-refractivity contribution >= 4 is 40.6 Å². The van der Waals surface area contributed by atoms with Gasteiger partial charge in [-0.05, 0) is 54.8 Å². The van der Waals surface area contributed by atoms with Gasteiger partial charge < -0.3 is 0 Å². The van der Waals surface area contributed by atoms with Gasteiger partial charge in [-0.25, -0.2) is 0 Å². The van der Waals surface area contributed by atoms with E-state index in [-0.39, 0.29) is 24.0 Å². The van der Waals surface area contributed by atoms with E-state index in [1.807, 2.05) is 6.07 Å². The quantitative estimate of drug-likeness (QED) is 0.666. The number of amides is 1. The molecule has 2 aromatic rings. The Morgan fingerprint density at radius 3 is 2.43 bits per heavy atom. The summed E-state index contributed by atoms with van der Waals surface area (Å²) in [7, 11) is 0. The van der Waals surface area contributed by atoms with E-state index in [1.54, 1.807) is 41.3 Å². The molecule has 140 valence electrons. The minimum Gasteiger partial charge on any atom is -0.294 e. The standard InChI is InChI=1S/C22H16Cl2N2O2/c23-17-9-6-14(10-18(17)24)16-11-21(28)26(15-7-4-13(12-25)5-8-15)19-2-1-3-20(27)22(16)19/h4-10,16H,1-3,11H2. The van der Waals surface area contributed by atoms with Gasteiger partial charge in [-0.1, -0.05) is 29.3 Å². The Kier molecular flexibility index (Phi) is 4.97. The Labute approximate surface area is 173 Å². The van der Waals surface area contributed by atoms with Gasteiger partial charge in [0.15, 0.2) is 5.78 Å². The van der Waals surface area contributed by atoms with Crippen LogP contribution in [-0.4, -0.2) is 11.7 Å². The van der Waals surface area contributed by atoms with Crippen LogP contribution in [-0.2, 0) is 9.59 Å². The maximum absolute atomic E-state index is 13.1. The Morgan fingerprint density at radius 2 is 1.75 bits per heavy atom. The molecule has 2 aliphatic rings. The fourth-order valence-corrected chi connectivity index (χ4v) is 4.30. The minimum atomic E-state index is -0.320. The van der Waals surface area contributed by atoms with E-state index in [9.17, 15) is 9.59 Å². The number of nitrogens with zero attached hydrogens (tertiary/aromatic N) is 2. The average Bonchev–Trinajstić information content (AvgIpc) is 2.70. The summed E-state index contributed by atoms with van der Waals surface area (Å²) in [5, 5.41) is 9.86. The van der Waals surface area contributed by atoms with Gasteiger partial charge in [0.2, 0.25) is 5.91 Å². The number of anilines is 1. The number of rotatable bonds is 2. The lowest BCUT2D eigenvalue weighted by Gasteiger charge is -2.38. The van der Waals surface area contributed by atoms with Crippen molar-refractivity contribution in [3.05, 3.63) is 74.9 Å². The number of allylic oxidation sites excluding steroid dienone is 2. The van der Waals surface area contributed by atoms with Crippen molar-refractivity contribution in [1.82, 2.24) is 0 Å². The van der Waals surface area contributed by atoms with Crippen molar-refractivity contribution < 1.29 is 9.59 Å². The predicted molar refractivity (Wildman–Crippen MR) is 108 cm³/mol. The number of hydrogen-bond donors (Lipinski definition) is 0. The first-order valence-corrected chi connectivity index (χ1v) is 9.79. The van der Waals surface area contributed by atoms with E-state index in [1.165, 1.54) is 0 Å². The van der Waals surface area contributed by atoms with Crippen LogP contribution in [0.5, 0.6) is 0 Å². The number of carbonyl (C=O) groups excluding carboxylic acids is 2. The number of halogens is 2. The second-order valence-electron chi connectivity index (χ2n) is 6.96. The molecular weight excluding hydrogens is 395 g/mol. The Bertz CT molecular complexity index is 1050. The van der Waals surface area contributed by atoms with Crippen LogP contribution >= 0.6 is 23.2 Å². The van der Waals surface area contributed by atoms with Gasteiger partial charge >= 0.3 is 0 Å². The lowest BCUT2D eigenvalue weighted by molar-refractivity contribution is -0.119. The molecule has 2 aromatic carbocycles. The largest absolute Gasteiger partial charge is 0.294 e. The molecule has 1 aliphatic carbocycles. The molecule has 4 nitrogen and oxygen atoms in total. The van der Waals surface area contributed by atoms with Crippen molar-refractivity contribution in [2.45, 2.75) is 31.6 Å². The summed E-state index contributed by atoms with van der Waals surface area (Å²) in [6.45, 7) is 0. The molecule has 1 aliphatic heterocycles. The Hall–Kier alpha value is -2.61. The number of ketones is 1. The molecule has 0 bridgehead atoms. The van der Waals surface area contributed by atoms with E-state index in [2.05, 4.69) is 6.07 Å². The predicted octanol–water partition coefficient (Wildman–Crippen LogP) is 5.39. The van der Waals surface area contributed by atoms with Crippen LogP contribution in [0.25, 0.3) is 0 Å². The highest BCUT2D eigenvalue weighted by atomic mass is 35.5. The van der Waals surface area contributed by atoms with Gasteiger partial charge in [-0.2, -0.15) is 5.26 Å². The smallest absolute Gasteiger partial charge is 0.232 e. The lowest BCUT2D eigenvalue weighted by atomic mass is 9.77. The van der Waals surface area contributed by atoms with Crippen molar-refractivity contribution in [2.24, 2.45) is 0 Å². The molecule has 1 amide bonds. The van der Waals surface area contributed by atoms with Crippen LogP contribution in [0.15, 0.2) is 53.7 Å². The third-order valence-corrected chi connectivity index (χ3v) is 6.01. The molecule has 0 fully saturated rings. The Morgan fingerprint density at radius 1 is 1.00 bits per heavy atom. The highest BCUT2D eigenvalue weighted by Gasteiger charge is 2.39. The second-order valence-corrected chi connectivity index (χ2v) is 7.77. The highest BCUT2D eigenvalue weighted by molar-refractivity contribution is 6.42. The molecule has 1 atom stereocenters. The third-order valence-electron chi connectivity index (χ3n) is 5.28. The fraction of sp³-hybridized carbons (Fsp3) is 0.227. The van der Waals surface area contributed by atoms with E-state index in [0.717, 1.165) is 11.3 Å². The van der Waals surface area contributed by atoms with Gasteiger partial charge in [0.05, 0.1) is 21.7 Å². The van der Waals surface area contributed by atoms with Crippen LogP contribution in [0.4, 0.5) is 5.69 Å². The molecule has 1 heterocycles. The number of Topliss-reactive ketones (excluding diaryl/α,β-unsaturated/α-hetero) is 1. The van der Waals surface area contributed by atoms with E-state index < -0.39 is 0 Å². The topological polar surface area (TPSA) is 61.2 Å². The molecule has 6 heteroatoms. The first kappa shape index (κ1) is 18.7. The summed E-state index contributed by atoms with van der Waals surface area (Å²) in [5.41, 5.74) is 3.47. The molecule has 0 radical (unpaired) electrons. The normalized spacial score (nSPS) is 19.5. The van der Waals surface area contributed by atoms with Crippen LogP contribution in [0.1, 0.15) is 42.7 Å². The Balaban J connectivity index is 1.84. The second kappa shape index (κ2) is 7.43.